The number of aliphatic hydroxyl groups is 1. The molecule has 1 heterocycles. The van der Waals surface area contributed by atoms with Crippen molar-refractivity contribution in [2.75, 3.05) is 11.5 Å². The molecule has 7 heteroatoms. The third-order valence-electron chi connectivity index (χ3n) is 4.30. The van der Waals surface area contributed by atoms with Gasteiger partial charge in [-0.25, -0.2) is 4.79 Å². The van der Waals surface area contributed by atoms with Crippen molar-refractivity contribution >= 4 is 29.0 Å². The van der Waals surface area contributed by atoms with E-state index in [1.165, 1.54) is 4.90 Å². The van der Waals surface area contributed by atoms with Gasteiger partial charge in [-0.15, -0.1) is 0 Å². The lowest BCUT2D eigenvalue weighted by Gasteiger charge is -2.28. The Kier molecular flexibility index (Phi) is 5.63. The summed E-state index contributed by atoms with van der Waals surface area (Å²) in [5.41, 5.74) is 7.24. The Morgan fingerprint density at radius 1 is 1.19 bits per heavy atom. The number of aromatic nitrogens is 1. The van der Waals surface area contributed by atoms with Gasteiger partial charge in [0.25, 0.3) is 0 Å². The van der Waals surface area contributed by atoms with Crippen LogP contribution < -0.4 is 10.6 Å². The minimum Gasteiger partial charge on any atom is -0.447 e. The van der Waals surface area contributed by atoms with Gasteiger partial charge < -0.3 is 20.5 Å². The molecule has 1 aromatic heterocycles. The molecule has 0 aliphatic rings. The molecule has 0 spiro atoms. The minimum atomic E-state index is -0.914. The number of benzene rings is 2. The Balaban J connectivity index is 2.00. The molecular formula is C20H19N3O4. The van der Waals surface area contributed by atoms with Gasteiger partial charge in [-0.3, -0.25) is 9.78 Å². The second-order valence-corrected chi connectivity index (χ2v) is 5.97. The van der Waals surface area contributed by atoms with E-state index in [2.05, 4.69) is 4.98 Å². The van der Waals surface area contributed by atoms with E-state index < -0.39 is 12.1 Å². The van der Waals surface area contributed by atoms with Crippen LogP contribution in [0.15, 0.2) is 60.9 Å². The van der Waals surface area contributed by atoms with Crippen LogP contribution in [-0.4, -0.2) is 29.2 Å². The summed E-state index contributed by atoms with van der Waals surface area (Å²) in [6.07, 6.45) is 3.20. The van der Waals surface area contributed by atoms with E-state index in [0.717, 1.165) is 21.9 Å². The summed E-state index contributed by atoms with van der Waals surface area (Å²) in [7, 11) is 0. The van der Waals surface area contributed by atoms with Crippen LogP contribution in [0.2, 0.25) is 0 Å². The van der Waals surface area contributed by atoms with Crippen molar-refractivity contribution < 1.29 is 19.4 Å². The van der Waals surface area contributed by atoms with Crippen molar-refractivity contribution in [2.24, 2.45) is 5.73 Å². The van der Waals surface area contributed by atoms with E-state index in [9.17, 15) is 14.7 Å². The molecule has 0 saturated heterocycles. The third kappa shape index (κ3) is 4.21. The first kappa shape index (κ1) is 18.3. The predicted octanol–water partition coefficient (Wildman–Crippen LogP) is 2.53. The van der Waals surface area contributed by atoms with Gasteiger partial charge in [0.05, 0.1) is 12.6 Å². The fraction of sp³-hybridized carbons (Fsp3) is 0.150. The summed E-state index contributed by atoms with van der Waals surface area (Å²) in [5.74, 6) is 0. The van der Waals surface area contributed by atoms with E-state index in [4.69, 9.17) is 10.5 Å². The van der Waals surface area contributed by atoms with Crippen molar-refractivity contribution in [3.05, 3.63) is 72.1 Å². The van der Waals surface area contributed by atoms with Crippen molar-refractivity contribution in [3.63, 3.8) is 0 Å². The standard InChI is InChI=1S/C20H19N3O4/c21-20(26)27-12-19(15-3-1-14(11-24)2-4-15)23(13-25)18-6-5-17-10-22-8-7-16(17)9-18/h1-10,13,19,24H,11-12H2,(H2,21,26). The van der Waals surface area contributed by atoms with Crippen LogP contribution in [0.3, 0.4) is 0 Å². The number of anilines is 1. The van der Waals surface area contributed by atoms with Crippen LogP contribution in [0.1, 0.15) is 17.2 Å². The van der Waals surface area contributed by atoms with Gasteiger partial charge in [0.1, 0.15) is 6.61 Å². The molecule has 1 unspecified atom stereocenters. The molecule has 0 bridgehead atoms. The van der Waals surface area contributed by atoms with E-state index in [1.807, 2.05) is 18.2 Å². The van der Waals surface area contributed by atoms with Crippen LogP contribution in [0.5, 0.6) is 0 Å². The predicted molar refractivity (Wildman–Crippen MR) is 101 cm³/mol. The highest BCUT2D eigenvalue weighted by molar-refractivity contribution is 5.88. The zero-order chi connectivity index (χ0) is 19.2. The molecule has 0 fully saturated rings. The minimum absolute atomic E-state index is 0.0845. The van der Waals surface area contributed by atoms with E-state index in [-0.39, 0.29) is 13.2 Å². The number of fused-ring (bicyclic) bond motifs is 1. The monoisotopic (exact) mass is 365 g/mol. The summed E-state index contributed by atoms with van der Waals surface area (Å²) in [6.45, 7) is -0.181. The summed E-state index contributed by atoms with van der Waals surface area (Å²) in [5, 5.41) is 11.1. The molecule has 0 radical (unpaired) electrons. The smallest absolute Gasteiger partial charge is 0.404 e. The number of nitrogens with zero attached hydrogens (tertiary/aromatic N) is 2. The number of ether oxygens (including phenoxy) is 1. The Morgan fingerprint density at radius 2 is 1.96 bits per heavy atom. The molecule has 3 N–H and O–H groups in total. The van der Waals surface area contributed by atoms with Crippen LogP contribution in [0, 0.1) is 0 Å². The number of aliphatic hydroxyl groups excluding tert-OH is 1. The van der Waals surface area contributed by atoms with Crippen LogP contribution in [-0.2, 0) is 16.1 Å². The zero-order valence-electron chi connectivity index (χ0n) is 14.5. The number of amides is 2. The third-order valence-corrected chi connectivity index (χ3v) is 4.30. The Morgan fingerprint density at radius 3 is 2.63 bits per heavy atom. The van der Waals surface area contributed by atoms with Crippen LogP contribution in [0.4, 0.5) is 10.5 Å². The molecule has 0 aliphatic heterocycles. The Bertz CT molecular complexity index is 943. The second kappa shape index (κ2) is 8.29. The SMILES string of the molecule is NC(=O)OCC(c1ccc(CO)cc1)N(C=O)c1ccc2cnccc2c1. The maximum Gasteiger partial charge on any atom is 0.404 e. The van der Waals surface area contributed by atoms with Crippen molar-refractivity contribution in [1.29, 1.82) is 0 Å². The van der Waals surface area contributed by atoms with Gasteiger partial charge >= 0.3 is 6.09 Å². The molecule has 0 aliphatic carbocycles. The molecule has 2 amide bonds. The first-order valence-corrected chi connectivity index (χ1v) is 8.31. The Hall–Kier alpha value is -3.45. The van der Waals surface area contributed by atoms with E-state index in [1.54, 1.807) is 42.7 Å². The largest absolute Gasteiger partial charge is 0.447 e. The highest BCUT2D eigenvalue weighted by Crippen LogP contribution is 2.29. The maximum atomic E-state index is 11.9. The number of rotatable bonds is 7. The maximum absolute atomic E-state index is 11.9. The van der Waals surface area contributed by atoms with Gasteiger partial charge in [0, 0.05) is 23.5 Å². The number of carbonyl (C=O) groups excluding carboxylic acids is 2. The van der Waals surface area contributed by atoms with Crippen molar-refractivity contribution in [1.82, 2.24) is 4.98 Å². The summed E-state index contributed by atoms with van der Waals surface area (Å²) in [6, 6.07) is 13.9. The second-order valence-electron chi connectivity index (χ2n) is 5.97. The lowest BCUT2D eigenvalue weighted by molar-refractivity contribution is -0.108. The lowest BCUT2D eigenvalue weighted by atomic mass is 10.0. The van der Waals surface area contributed by atoms with E-state index >= 15 is 0 Å². The van der Waals surface area contributed by atoms with Crippen molar-refractivity contribution in [3.8, 4) is 0 Å². The van der Waals surface area contributed by atoms with Gasteiger partial charge in [-0.1, -0.05) is 30.3 Å². The van der Waals surface area contributed by atoms with Crippen LogP contribution >= 0.6 is 0 Å². The molecule has 138 valence electrons. The first-order chi connectivity index (χ1) is 13.1. The topological polar surface area (TPSA) is 106 Å². The molecule has 2 aromatic carbocycles. The molecule has 1 atom stereocenters. The summed E-state index contributed by atoms with van der Waals surface area (Å²) < 4.78 is 4.99. The van der Waals surface area contributed by atoms with Crippen molar-refractivity contribution in [2.45, 2.75) is 12.6 Å². The summed E-state index contributed by atoms with van der Waals surface area (Å²) in [4.78, 5) is 28.6. The summed E-state index contributed by atoms with van der Waals surface area (Å²) >= 11 is 0. The Labute approximate surface area is 156 Å². The average molecular weight is 365 g/mol. The number of nitrogens with two attached hydrogens (primary N) is 1. The zero-order valence-corrected chi connectivity index (χ0v) is 14.5. The number of hydrogen-bond donors (Lipinski definition) is 2. The number of primary amides is 1. The fourth-order valence-corrected chi connectivity index (χ4v) is 2.89. The first-order valence-electron chi connectivity index (χ1n) is 8.31. The number of carbonyl (C=O) groups is 2. The molecule has 3 aromatic rings. The highest BCUT2D eigenvalue weighted by Gasteiger charge is 2.22. The average Bonchev–Trinajstić information content (AvgIpc) is 2.70. The number of pyridine rings is 1. The molecule has 0 saturated carbocycles. The molecular weight excluding hydrogens is 346 g/mol. The van der Waals surface area contributed by atoms with E-state index in [0.29, 0.717) is 12.1 Å². The fourth-order valence-electron chi connectivity index (χ4n) is 2.89. The van der Waals surface area contributed by atoms with Gasteiger partial charge in [0.2, 0.25) is 6.41 Å². The number of hydrogen-bond acceptors (Lipinski definition) is 5. The van der Waals surface area contributed by atoms with Gasteiger partial charge in [-0.05, 0) is 34.7 Å². The molecule has 3 rings (SSSR count). The highest BCUT2D eigenvalue weighted by atomic mass is 16.5. The molecule has 27 heavy (non-hydrogen) atoms. The lowest BCUT2D eigenvalue weighted by Crippen LogP contribution is -2.32. The van der Waals surface area contributed by atoms with Crippen LogP contribution in [0.25, 0.3) is 10.8 Å². The quantitative estimate of drug-likeness (QED) is 0.626. The molecule has 7 nitrogen and oxygen atoms in total. The van der Waals surface area contributed by atoms with Gasteiger partial charge in [0.15, 0.2) is 0 Å². The normalized spacial score (nSPS) is 11.7. The van der Waals surface area contributed by atoms with Gasteiger partial charge in [-0.2, -0.15) is 0 Å².